The quantitative estimate of drug-likeness (QED) is 0.154. The molecule has 1 saturated heterocycles. The fourth-order valence-corrected chi connectivity index (χ4v) is 5.23. The van der Waals surface area contributed by atoms with Gasteiger partial charge in [-0.2, -0.15) is 0 Å². The number of aromatic nitrogens is 1. The van der Waals surface area contributed by atoms with Crippen LogP contribution in [-0.2, 0) is 14.3 Å². The second-order valence-corrected chi connectivity index (χ2v) is 9.66. The Morgan fingerprint density at radius 1 is 1.03 bits per heavy atom. The Bertz CT molecular complexity index is 1410. The van der Waals surface area contributed by atoms with Gasteiger partial charge in [0.2, 0.25) is 0 Å². The molecule has 0 saturated carbocycles. The number of nitrogens with zero attached hydrogens (tertiary/aromatic N) is 2. The minimum atomic E-state index is -1.01. The van der Waals surface area contributed by atoms with Crippen molar-refractivity contribution in [2.75, 3.05) is 24.7 Å². The summed E-state index contributed by atoms with van der Waals surface area (Å²) < 4.78 is 16.4. The average Bonchev–Trinajstić information content (AvgIpc) is 3.44. The van der Waals surface area contributed by atoms with E-state index in [1.807, 2.05) is 13.8 Å². The molecule has 10 heteroatoms. The Hall–Kier alpha value is -4.18. The monoisotopic (exact) mass is 550 g/mol. The van der Waals surface area contributed by atoms with E-state index in [-0.39, 0.29) is 27.9 Å². The number of esters is 1. The standard InChI is InChI=1S/C29H30N2O7S/c1-5-15-38-20-13-11-18(12-14-20)24(32)22-23(19-9-8-10-21(16-19)36-6-2)31(27(34)25(22)33)29-30-17(4)26(39-29)28(35)37-7-3/h8-14,16,23,32H,5-7,15H2,1-4H3. The molecule has 2 heterocycles. The number of carbonyl (C=O) groups is 3. The van der Waals surface area contributed by atoms with Crippen LogP contribution < -0.4 is 14.4 Å². The summed E-state index contributed by atoms with van der Waals surface area (Å²) in [5.74, 6) is -1.45. The van der Waals surface area contributed by atoms with Gasteiger partial charge in [0.25, 0.3) is 5.78 Å². The molecule has 4 rings (SSSR count). The molecule has 1 amide bonds. The molecule has 204 valence electrons. The summed E-state index contributed by atoms with van der Waals surface area (Å²) in [5, 5.41) is 11.5. The van der Waals surface area contributed by atoms with E-state index in [1.54, 1.807) is 62.4 Å². The number of benzene rings is 2. The molecular weight excluding hydrogens is 520 g/mol. The van der Waals surface area contributed by atoms with Crippen molar-refractivity contribution in [3.8, 4) is 11.5 Å². The van der Waals surface area contributed by atoms with Gasteiger partial charge < -0.3 is 19.3 Å². The summed E-state index contributed by atoms with van der Waals surface area (Å²) in [7, 11) is 0. The smallest absolute Gasteiger partial charge is 0.350 e. The van der Waals surface area contributed by atoms with E-state index in [0.29, 0.717) is 41.5 Å². The van der Waals surface area contributed by atoms with E-state index >= 15 is 0 Å². The number of hydrogen-bond acceptors (Lipinski definition) is 9. The lowest BCUT2D eigenvalue weighted by Gasteiger charge is -2.23. The molecule has 3 aromatic rings. The van der Waals surface area contributed by atoms with Gasteiger partial charge in [0.1, 0.15) is 22.1 Å². The van der Waals surface area contributed by atoms with Crippen molar-refractivity contribution in [2.24, 2.45) is 0 Å². The third-order valence-corrected chi connectivity index (χ3v) is 7.12. The van der Waals surface area contributed by atoms with Crippen LogP contribution in [0.15, 0.2) is 54.1 Å². The molecule has 2 aromatic carbocycles. The van der Waals surface area contributed by atoms with Gasteiger partial charge in [0.05, 0.1) is 37.1 Å². The van der Waals surface area contributed by atoms with Gasteiger partial charge in [-0.3, -0.25) is 14.5 Å². The first-order chi connectivity index (χ1) is 18.8. The van der Waals surface area contributed by atoms with Crippen LogP contribution in [0.3, 0.4) is 0 Å². The van der Waals surface area contributed by atoms with Gasteiger partial charge in [0, 0.05) is 5.56 Å². The zero-order valence-electron chi connectivity index (χ0n) is 22.2. The van der Waals surface area contributed by atoms with Crippen LogP contribution in [0.5, 0.6) is 11.5 Å². The summed E-state index contributed by atoms with van der Waals surface area (Å²) in [4.78, 5) is 45.3. The molecule has 9 nitrogen and oxygen atoms in total. The maximum Gasteiger partial charge on any atom is 0.350 e. The molecule has 1 fully saturated rings. The van der Waals surface area contributed by atoms with Crippen molar-refractivity contribution in [1.29, 1.82) is 0 Å². The third kappa shape index (κ3) is 5.65. The number of aryl methyl sites for hydroxylation is 1. The van der Waals surface area contributed by atoms with Crippen LogP contribution in [0, 0.1) is 6.92 Å². The number of Topliss-reactive ketones (excluding diaryl/α,β-unsaturated/α-hetero) is 1. The Morgan fingerprint density at radius 2 is 1.77 bits per heavy atom. The van der Waals surface area contributed by atoms with E-state index in [9.17, 15) is 19.5 Å². The number of aliphatic hydroxyl groups excluding tert-OH is 1. The highest BCUT2D eigenvalue weighted by atomic mass is 32.1. The zero-order valence-corrected chi connectivity index (χ0v) is 23.0. The number of amides is 1. The number of hydrogen-bond donors (Lipinski definition) is 1. The molecule has 1 N–H and O–H groups in total. The van der Waals surface area contributed by atoms with Crippen molar-refractivity contribution in [3.05, 3.63) is 75.8 Å². The largest absolute Gasteiger partial charge is 0.507 e. The lowest BCUT2D eigenvalue weighted by molar-refractivity contribution is -0.132. The number of thiazole rings is 1. The van der Waals surface area contributed by atoms with Gasteiger partial charge in [-0.1, -0.05) is 30.4 Å². The highest BCUT2D eigenvalue weighted by molar-refractivity contribution is 7.17. The molecule has 0 radical (unpaired) electrons. The molecule has 0 bridgehead atoms. The second-order valence-electron chi connectivity index (χ2n) is 8.68. The van der Waals surface area contributed by atoms with Crippen LogP contribution in [0.4, 0.5) is 5.13 Å². The maximum absolute atomic E-state index is 13.5. The van der Waals surface area contributed by atoms with E-state index < -0.39 is 23.7 Å². The second kappa shape index (κ2) is 12.1. The zero-order chi connectivity index (χ0) is 28.1. The topological polar surface area (TPSA) is 115 Å². The molecule has 1 aliphatic rings. The van der Waals surface area contributed by atoms with Crippen molar-refractivity contribution >= 4 is 39.9 Å². The normalized spacial score (nSPS) is 16.4. The first-order valence-corrected chi connectivity index (χ1v) is 13.5. The van der Waals surface area contributed by atoms with Crippen molar-refractivity contribution in [1.82, 2.24) is 4.98 Å². The maximum atomic E-state index is 13.5. The Labute approximate surface area is 230 Å². The van der Waals surface area contributed by atoms with Crippen LogP contribution in [0.1, 0.15) is 59.7 Å². The highest BCUT2D eigenvalue weighted by Crippen LogP contribution is 2.44. The summed E-state index contributed by atoms with van der Waals surface area (Å²) in [5.41, 5.74) is 1.17. The molecule has 39 heavy (non-hydrogen) atoms. The molecule has 1 unspecified atom stereocenters. The molecule has 1 aromatic heterocycles. The van der Waals surface area contributed by atoms with Gasteiger partial charge in [-0.15, -0.1) is 0 Å². The van der Waals surface area contributed by atoms with E-state index in [4.69, 9.17) is 14.2 Å². The lowest BCUT2D eigenvalue weighted by Crippen LogP contribution is -2.29. The molecular formula is C29H30N2O7S. The van der Waals surface area contributed by atoms with Gasteiger partial charge in [-0.05, 0) is 69.2 Å². The first-order valence-electron chi connectivity index (χ1n) is 12.7. The van der Waals surface area contributed by atoms with E-state index in [1.165, 1.54) is 4.90 Å². The number of ether oxygens (including phenoxy) is 3. The number of carbonyl (C=O) groups excluding carboxylic acids is 3. The molecule has 1 aliphatic heterocycles. The number of anilines is 1. The number of rotatable bonds is 10. The fraction of sp³-hybridized carbons (Fsp3) is 0.310. The predicted molar refractivity (Wildman–Crippen MR) is 147 cm³/mol. The van der Waals surface area contributed by atoms with Crippen LogP contribution in [0.2, 0.25) is 0 Å². The van der Waals surface area contributed by atoms with E-state index in [2.05, 4.69) is 4.98 Å². The predicted octanol–water partition coefficient (Wildman–Crippen LogP) is 5.44. The molecule has 1 atom stereocenters. The van der Waals surface area contributed by atoms with Crippen LogP contribution in [-0.4, -0.2) is 47.6 Å². The number of ketones is 1. The minimum absolute atomic E-state index is 0.0959. The van der Waals surface area contributed by atoms with E-state index in [0.717, 1.165) is 17.8 Å². The summed E-state index contributed by atoms with van der Waals surface area (Å²) in [6.07, 6.45) is 0.847. The Morgan fingerprint density at radius 3 is 2.44 bits per heavy atom. The average molecular weight is 551 g/mol. The van der Waals surface area contributed by atoms with Crippen molar-refractivity contribution in [2.45, 2.75) is 40.2 Å². The fourth-order valence-electron chi connectivity index (χ4n) is 4.24. The summed E-state index contributed by atoms with van der Waals surface area (Å²) in [6.45, 7) is 8.33. The summed E-state index contributed by atoms with van der Waals surface area (Å²) in [6, 6.07) is 12.6. The minimum Gasteiger partial charge on any atom is -0.507 e. The van der Waals surface area contributed by atoms with Crippen molar-refractivity contribution < 1.29 is 33.7 Å². The Kier molecular flexibility index (Phi) is 8.65. The SMILES string of the molecule is CCCOc1ccc(C(O)=C2C(=O)C(=O)N(c3nc(C)c(C(=O)OCC)s3)C2c2cccc(OCC)c2)cc1. The van der Waals surface area contributed by atoms with Gasteiger partial charge in [0.15, 0.2) is 5.13 Å². The third-order valence-electron chi connectivity index (χ3n) is 5.98. The first kappa shape index (κ1) is 27.8. The van der Waals surface area contributed by atoms with Crippen molar-refractivity contribution in [3.63, 3.8) is 0 Å². The van der Waals surface area contributed by atoms with Gasteiger partial charge >= 0.3 is 11.9 Å². The van der Waals surface area contributed by atoms with Gasteiger partial charge in [-0.25, -0.2) is 9.78 Å². The number of aliphatic hydroxyl groups is 1. The lowest BCUT2D eigenvalue weighted by atomic mass is 9.95. The summed E-state index contributed by atoms with van der Waals surface area (Å²) >= 11 is 0.958. The van der Waals surface area contributed by atoms with Crippen LogP contribution in [0.25, 0.3) is 5.76 Å². The molecule has 0 aliphatic carbocycles. The Balaban J connectivity index is 1.86. The molecule has 0 spiro atoms. The highest BCUT2D eigenvalue weighted by Gasteiger charge is 2.48. The van der Waals surface area contributed by atoms with Crippen LogP contribution >= 0.6 is 11.3 Å².